The minimum absolute atomic E-state index is 0.0186. The molecular formula is C15H16ClNO3. The molecule has 1 aliphatic carbocycles. The third-order valence-electron chi connectivity index (χ3n) is 3.97. The highest BCUT2D eigenvalue weighted by molar-refractivity contribution is 6.30. The summed E-state index contributed by atoms with van der Waals surface area (Å²) in [5.41, 5.74) is 0.923. The molecule has 0 atom stereocenters. The highest BCUT2D eigenvalue weighted by Gasteiger charge is 2.38. The molecule has 20 heavy (non-hydrogen) atoms. The normalized spacial score (nSPS) is 19.2. The molecule has 4 nitrogen and oxygen atoms in total. The van der Waals surface area contributed by atoms with Crippen LogP contribution in [0.2, 0.25) is 5.02 Å². The molecule has 0 spiro atoms. The summed E-state index contributed by atoms with van der Waals surface area (Å²) in [6, 6.07) is 5.33. The smallest absolute Gasteiger partial charge is 0.251 e. The summed E-state index contributed by atoms with van der Waals surface area (Å²) in [6.07, 6.45) is 4.48. The number of nitrogens with one attached hydrogen (secondary N) is 1. The van der Waals surface area contributed by atoms with Crippen molar-refractivity contribution in [1.29, 1.82) is 0 Å². The van der Waals surface area contributed by atoms with Crippen molar-refractivity contribution in [2.45, 2.75) is 24.8 Å². The van der Waals surface area contributed by atoms with Crippen LogP contribution in [0, 0.1) is 0 Å². The quantitative estimate of drug-likeness (QED) is 0.898. The third-order valence-corrected chi connectivity index (χ3v) is 4.20. The second-order valence-corrected chi connectivity index (χ2v) is 5.82. The van der Waals surface area contributed by atoms with Gasteiger partial charge in [0.15, 0.2) is 0 Å². The number of rotatable bonds is 3. The predicted molar refractivity (Wildman–Crippen MR) is 76.7 cm³/mol. The second kappa shape index (κ2) is 5.11. The Hall–Kier alpha value is -1.52. The van der Waals surface area contributed by atoms with Gasteiger partial charge in [-0.2, -0.15) is 0 Å². The van der Waals surface area contributed by atoms with E-state index >= 15 is 0 Å². The van der Waals surface area contributed by atoms with Crippen molar-refractivity contribution in [3.8, 4) is 5.75 Å². The molecule has 2 N–H and O–H groups in total. The Labute approximate surface area is 122 Å². The lowest BCUT2D eigenvalue weighted by Gasteiger charge is -2.41. The molecular weight excluding hydrogens is 278 g/mol. The molecule has 1 amide bonds. The Balaban J connectivity index is 1.79. The fourth-order valence-corrected chi connectivity index (χ4v) is 2.71. The zero-order valence-corrected chi connectivity index (χ0v) is 11.7. The van der Waals surface area contributed by atoms with Crippen molar-refractivity contribution >= 4 is 23.6 Å². The van der Waals surface area contributed by atoms with Gasteiger partial charge < -0.3 is 15.2 Å². The first-order valence-corrected chi connectivity index (χ1v) is 7.06. The molecule has 3 rings (SSSR count). The van der Waals surface area contributed by atoms with Crippen molar-refractivity contribution in [3.63, 3.8) is 0 Å². The van der Waals surface area contributed by atoms with Crippen LogP contribution in [-0.2, 0) is 4.79 Å². The van der Waals surface area contributed by atoms with Crippen molar-refractivity contribution in [2.24, 2.45) is 0 Å². The molecule has 1 heterocycles. The Morgan fingerprint density at radius 2 is 2.25 bits per heavy atom. The number of benzene rings is 1. The van der Waals surface area contributed by atoms with Crippen LogP contribution in [0.1, 0.15) is 24.8 Å². The van der Waals surface area contributed by atoms with Gasteiger partial charge in [-0.15, -0.1) is 0 Å². The van der Waals surface area contributed by atoms with Gasteiger partial charge in [0.25, 0.3) is 5.91 Å². The zero-order chi connectivity index (χ0) is 14.2. The van der Waals surface area contributed by atoms with E-state index in [1.807, 2.05) is 0 Å². The van der Waals surface area contributed by atoms with Gasteiger partial charge in [0.05, 0.1) is 17.7 Å². The van der Waals surface area contributed by atoms with E-state index in [0.29, 0.717) is 10.6 Å². The Bertz CT molecular complexity index is 573. The first-order valence-electron chi connectivity index (χ1n) is 6.68. The monoisotopic (exact) mass is 293 g/mol. The van der Waals surface area contributed by atoms with Gasteiger partial charge in [-0.3, -0.25) is 4.79 Å². The van der Waals surface area contributed by atoms with E-state index in [9.17, 15) is 9.90 Å². The Morgan fingerprint density at radius 1 is 1.45 bits per heavy atom. The van der Waals surface area contributed by atoms with Crippen molar-refractivity contribution in [3.05, 3.63) is 34.4 Å². The van der Waals surface area contributed by atoms with E-state index < -0.39 is 5.54 Å². The summed E-state index contributed by atoms with van der Waals surface area (Å²) >= 11 is 5.95. The van der Waals surface area contributed by atoms with Crippen LogP contribution in [0.5, 0.6) is 5.75 Å². The number of hydrogen-bond acceptors (Lipinski definition) is 3. The average molecular weight is 294 g/mol. The summed E-state index contributed by atoms with van der Waals surface area (Å²) in [5.74, 6) is 0.552. The molecule has 0 unspecified atom stereocenters. The molecule has 2 aliphatic rings. The minimum Gasteiger partial charge on any atom is -0.488 e. The highest BCUT2D eigenvalue weighted by atomic mass is 35.5. The standard InChI is InChI=1S/C15H16ClNO3/c16-12-2-3-13-10(7-12)6-11(8-20-13)14(19)17-15(9-18)4-1-5-15/h2-3,6-7,18H,1,4-5,8-9H2,(H,17,19). The third kappa shape index (κ3) is 2.41. The summed E-state index contributed by atoms with van der Waals surface area (Å²) < 4.78 is 5.56. The van der Waals surface area contributed by atoms with Crippen LogP contribution in [0.25, 0.3) is 6.08 Å². The lowest BCUT2D eigenvalue weighted by Crippen LogP contribution is -2.56. The highest BCUT2D eigenvalue weighted by Crippen LogP contribution is 2.33. The van der Waals surface area contributed by atoms with Gasteiger partial charge in [-0.1, -0.05) is 11.6 Å². The van der Waals surface area contributed by atoms with Gasteiger partial charge in [0, 0.05) is 10.6 Å². The Kier molecular flexibility index (Phi) is 3.44. The molecule has 0 saturated heterocycles. The van der Waals surface area contributed by atoms with Gasteiger partial charge >= 0.3 is 0 Å². The van der Waals surface area contributed by atoms with Gasteiger partial charge in [0.1, 0.15) is 12.4 Å². The summed E-state index contributed by atoms with van der Waals surface area (Å²) in [5, 5.41) is 12.9. The second-order valence-electron chi connectivity index (χ2n) is 5.39. The minimum atomic E-state index is -0.438. The molecule has 5 heteroatoms. The van der Waals surface area contributed by atoms with Crippen molar-refractivity contribution in [1.82, 2.24) is 5.32 Å². The van der Waals surface area contributed by atoms with E-state index in [2.05, 4.69) is 5.32 Å². The predicted octanol–water partition coefficient (Wildman–Crippen LogP) is 2.15. The van der Waals surface area contributed by atoms with Crippen LogP contribution in [0.4, 0.5) is 0 Å². The number of carbonyl (C=O) groups excluding carboxylic acids is 1. The van der Waals surface area contributed by atoms with Crippen LogP contribution >= 0.6 is 11.6 Å². The molecule has 1 fully saturated rings. The van der Waals surface area contributed by atoms with Gasteiger partial charge in [0.2, 0.25) is 0 Å². The number of hydrogen-bond donors (Lipinski definition) is 2. The number of aliphatic hydroxyl groups excluding tert-OH is 1. The fourth-order valence-electron chi connectivity index (χ4n) is 2.53. The first kappa shape index (κ1) is 13.5. The molecule has 0 aromatic heterocycles. The number of carbonyl (C=O) groups is 1. The van der Waals surface area contributed by atoms with Crippen LogP contribution in [-0.4, -0.2) is 29.8 Å². The van der Waals surface area contributed by atoms with Crippen LogP contribution in [0.15, 0.2) is 23.8 Å². The number of halogens is 1. The maximum atomic E-state index is 12.3. The Morgan fingerprint density at radius 3 is 2.90 bits per heavy atom. The summed E-state index contributed by atoms with van der Waals surface area (Å²) in [4.78, 5) is 12.3. The summed E-state index contributed by atoms with van der Waals surface area (Å²) in [6.45, 7) is 0.220. The van der Waals surface area contributed by atoms with Gasteiger partial charge in [-0.25, -0.2) is 0 Å². The molecule has 0 bridgehead atoms. The maximum absolute atomic E-state index is 12.3. The van der Waals surface area contributed by atoms with Crippen LogP contribution in [0.3, 0.4) is 0 Å². The van der Waals surface area contributed by atoms with E-state index in [4.69, 9.17) is 16.3 Å². The van der Waals surface area contributed by atoms with E-state index in [1.165, 1.54) is 0 Å². The van der Waals surface area contributed by atoms with Crippen molar-refractivity contribution in [2.75, 3.05) is 13.2 Å². The SMILES string of the molecule is O=C(NC1(CO)CCC1)C1=Cc2cc(Cl)ccc2OC1. The lowest BCUT2D eigenvalue weighted by molar-refractivity contribution is -0.121. The summed E-state index contributed by atoms with van der Waals surface area (Å²) in [7, 11) is 0. The number of amides is 1. The topological polar surface area (TPSA) is 58.6 Å². The van der Waals surface area contributed by atoms with E-state index in [1.54, 1.807) is 24.3 Å². The zero-order valence-electron chi connectivity index (χ0n) is 11.0. The molecule has 0 radical (unpaired) electrons. The maximum Gasteiger partial charge on any atom is 0.251 e. The van der Waals surface area contributed by atoms with Gasteiger partial charge in [-0.05, 0) is 43.5 Å². The first-order chi connectivity index (χ1) is 9.62. The molecule has 106 valence electrons. The molecule has 1 aromatic carbocycles. The molecule has 1 aromatic rings. The fraction of sp³-hybridized carbons (Fsp3) is 0.400. The van der Waals surface area contributed by atoms with Crippen LogP contribution < -0.4 is 10.1 Å². The number of fused-ring (bicyclic) bond motifs is 1. The van der Waals surface area contributed by atoms with E-state index in [-0.39, 0.29) is 19.1 Å². The molecule has 1 saturated carbocycles. The lowest BCUT2D eigenvalue weighted by atomic mass is 9.77. The van der Waals surface area contributed by atoms with Crippen molar-refractivity contribution < 1.29 is 14.6 Å². The number of ether oxygens (including phenoxy) is 1. The molecule has 1 aliphatic heterocycles. The largest absolute Gasteiger partial charge is 0.488 e. The van der Waals surface area contributed by atoms with E-state index in [0.717, 1.165) is 30.6 Å². The number of aliphatic hydroxyl groups is 1. The average Bonchev–Trinajstić information content (AvgIpc) is 2.41.